The standard InChI is InChI=1S/C12H10F2N2O5/c13-12(14)1-2-15(6-12)10(17)7-3-8(11(18)19)5-9(4-7)16(20)21/h3-5H,1-2,6H2,(H,18,19). The number of non-ortho nitro benzene ring substituents is 1. The molecule has 1 aliphatic rings. The van der Waals surface area contributed by atoms with Crippen LogP contribution in [0.15, 0.2) is 18.2 Å². The monoisotopic (exact) mass is 300 g/mol. The molecule has 0 unspecified atom stereocenters. The van der Waals surface area contributed by atoms with Crippen molar-refractivity contribution in [1.29, 1.82) is 0 Å². The van der Waals surface area contributed by atoms with E-state index in [2.05, 4.69) is 0 Å². The summed E-state index contributed by atoms with van der Waals surface area (Å²) in [5.41, 5.74) is -1.32. The van der Waals surface area contributed by atoms with E-state index in [1.54, 1.807) is 0 Å². The highest BCUT2D eigenvalue weighted by atomic mass is 19.3. The van der Waals surface area contributed by atoms with E-state index >= 15 is 0 Å². The predicted octanol–water partition coefficient (Wildman–Crippen LogP) is 1.77. The number of rotatable bonds is 3. The zero-order chi connectivity index (χ0) is 15.8. The van der Waals surface area contributed by atoms with Crippen LogP contribution in [0.25, 0.3) is 0 Å². The summed E-state index contributed by atoms with van der Waals surface area (Å²) in [6.45, 7) is -0.964. The van der Waals surface area contributed by atoms with Gasteiger partial charge in [-0.3, -0.25) is 14.9 Å². The van der Waals surface area contributed by atoms with Crippen LogP contribution in [-0.2, 0) is 0 Å². The van der Waals surface area contributed by atoms with Gasteiger partial charge in [-0.25, -0.2) is 13.6 Å². The van der Waals surface area contributed by atoms with Crippen LogP contribution in [0.1, 0.15) is 27.1 Å². The Hall–Kier alpha value is -2.58. The first kappa shape index (κ1) is 14.8. The second-order valence-corrected chi connectivity index (χ2v) is 4.66. The van der Waals surface area contributed by atoms with Crippen molar-refractivity contribution in [2.75, 3.05) is 13.1 Å². The molecule has 0 atom stereocenters. The summed E-state index contributed by atoms with van der Waals surface area (Å²) in [4.78, 5) is 33.7. The highest BCUT2D eigenvalue weighted by Gasteiger charge is 2.40. The number of carboxylic acids is 1. The lowest BCUT2D eigenvalue weighted by molar-refractivity contribution is -0.384. The van der Waals surface area contributed by atoms with Gasteiger partial charge < -0.3 is 10.0 Å². The molecule has 0 spiro atoms. The van der Waals surface area contributed by atoms with E-state index in [1.165, 1.54) is 0 Å². The van der Waals surface area contributed by atoms with Crippen molar-refractivity contribution in [2.24, 2.45) is 0 Å². The lowest BCUT2D eigenvalue weighted by Crippen LogP contribution is -2.31. The molecule has 0 aromatic heterocycles. The minimum atomic E-state index is -2.99. The van der Waals surface area contributed by atoms with Gasteiger partial charge in [0, 0.05) is 30.7 Å². The maximum absolute atomic E-state index is 13.1. The number of aromatic carboxylic acids is 1. The summed E-state index contributed by atoms with van der Waals surface area (Å²) >= 11 is 0. The van der Waals surface area contributed by atoms with Crippen molar-refractivity contribution in [3.63, 3.8) is 0 Å². The zero-order valence-corrected chi connectivity index (χ0v) is 10.6. The number of nitro groups is 1. The Balaban J connectivity index is 2.37. The van der Waals surface area contributed by atoms with E-state index in [0.29, 0.717) is 0 Å². The van der Waals surface area contributed by atoms with Crippen LogP contribution >= 0.6 is 0 Å². The molecule has 0 aliphatic carbocycles. The molecule has 0 saturated carbocycles. The van der Waals surface area contributed by atoms with Gasteiger partial charge in [0.1, 0.15) is 0 Å². The van der Waals surface area contributed by atoms with Gasteiger partial charge in [0.15, 0.2) is 0 Å². The molecule has 21 heavy (non-hydrogen) atoms. The van der Waals surface area contributed by atoms with E-state index < -0.39 is 46.9 Å². The first-order valence-corrected chi connectivity index (χ1v) is 5.89. The Morgan fingerprint density at radius 3 is 2.38 bits per heavy atom. The number of benzene rings is 1. The number of nitro benzene ring substituents is 1. The quantitative estimate of drug-likeness (QED) is 0.677. The molecule has 1 N–H and O–H groups in total. The molecule has 0 bridgehead atoms. The lowest BCUT2D eigenvalue weighted by Gasteiger charge is -2.16. The van der Waals surface area contributed by atoms with Gasteiger partial charge in [-0.1, -0.05) is 0 Å². The SMILES string of the molecule is O=C(O)c1cc(C(=O)N2CCC(F)(F)C2)cc([N+](=O)[O-])c1. The number of nitrogens with zero attached hydrogens (tertiary/aromatic N) is 2. The number of amides is 1. The van der Waals surface area contributed by atoms with Gasteiger partial charge >= 0.3 is 5.97 Å². The number of carbonyl (C=O) groups is 2. The average Bonchev–Trinajstić information content (AvgIpc) is 2.77. The van der Waals surface area contributed by atoms with E-state index in [0.717, 1.165) is 23.1 Å². The van der Waals surface area contributed by atoms with Crippen molar-refractivity contribution in [3.8, 4) is 0 Å². The van der Waals surface area contributed by atoms with Crippen molar-refractivity contribution >= 4 is 17.6 Å². The van der Waals surface area contributed by atoms with Crippen LogP contribution in [0.3, 0.4) is 0 Å². The number of halogens is 2. The van der Waals surface area contributed by atoms with Gasteiger partial charge in [0.2, 0.25) is 0 Å². The number of alkyl halides is 2. The summed E-state index contributed by atoms with van der Waals surface area (Å²) in [6.07, 6.45) is -0.487. The number of hydrogen-bond acceptors (Lipinski definition) is 4. The molecule has 1 heterocycles. The topological polar surface area (TPSA) is 101 Å². The van der Waals surface area contributed by atoms with Gasteiger partial charge in [-0.05, 0) is 6.07 Å². The van der Waals surface area contributed by atoms with E-state index in [-0.39, 0.29) is 12.1 Å². The van der Waals surface area contributed by atoms with Crippen LogP contribution in [0.4, 0.5) is 14.5 Å². The predicted molar refractivity (Wildman–Crippen MR) is 65.5 cm³/mol. The van der Waals surface area contributed by atoms with Gasteiger partial charge in [0.25, 0.3) is 17.5 Å². The van der Waals surface area contributed by atoms with Crippen LogP contribution in [0.2, 0.25) is 0 Å². The molecule has 112 valence electrons. The minimum absolute atomic E-state index is 0.184. The second-order valence-electron chi connectivity index (χ2n) is 4.66. The first-order valence-electron chi connectivity index (χ1n) is 5.89. The van der Waals surface area contributed by atoms with Crippen molar-refractivity contribution < 1.29 is 28.4 Å². The zero-order valence-electron chi connectivity index (χ0n) is 10.6. The van der Waals surface area contributed by atoms with Crippen molar-refractivity contribution in [3.05, 3.63) is 39.4 Å². The molecular formula is C12H10F2N2O5. The fraction of sp³-hybridized carbons (Fsp3) is 0.333. The maximum atomic E-state index is 13.1. The third-order valence-corrected chi connectivity index (χ3v) is 3.08. The molecule has 1 aromatic rings. The van der Waals surface area contributed by atoms with Crippen LogP contribution in [-0.4, -0.2) is 45.8 Å². The second kappa shape index (κ2) is 5.08. The fourth-order valence-corrected chi connectivity index (χ4v) is 2.06. The van der Waals surface area contributed by atoms with E-state index in [1.807, 2.05) is 0 Å². The minimum Gasteiger partial charge on any atom is -0.478 e. The molecule has 9 heteroatoms. The summed E-state index contributed by atoms with van der Waals surface area (Å²) in [7, 11) is 0. The number of carboxylic acid groups (broad SMARTS) is 1. The third kappa shape index (κ3) is 3.12. The fourth-order valence-electron chi connectivity index (χ4n) is 2.06. The molecule has 1 aromatic carbocycles. The molecule has 7 nitrogen and oxygen atoms in total. The number of carbonyl (C=O) groups excluding carboxylic acids is 1. The van der Waals surface area contributed by atoms with Crippen molar-refractivity contribution in [2.45, 2.75) is 12.3 Å². The molecule has 2 rings (SSSR count). The van der Waals surface area contributed by atoms with E-state index in [9.17, 15) is 28.5 Å². The highest BCUT2D eigenvalue weighted by molar-refractivity contribution is 5.98. The Morgan fingerprint density at radius 1 is 1.29 bits per heavy atom. The molecule has 0 radical (unpaired) electrons. The number of likely N-dealkylation sites (tertiary alicyclic amines) is 1. The smallest absolute Gasteiger partial charge is 0.335 e. The molecule has 1 amide bonds. The average molecular weight is 300 g/mol. The van der Waals surface area contributed by atoms with Crippen LogP contribution in [0, 0.1) is 10.1 Å². The van der Waals surface area contributed by atoms with Crippen LogP contribution in [0.5, 0.6) is 0 Å². The van der Waals surface area contributed by atoms with Gasteiger partial charge in [-0.15, -0.1) is 0 Å². The summed E-state index contributed by atoms with van der Waals surface area (Å²) in [5, 5.41) is 19.6. The highest BCUT2D eigenvalue weighted by Crippen LogP contribution is 2.28. The molecule has 1 saturated heterocycles. The Labute approximate surface area is 116 Å². The number of hydrogen-bond donors (Lipinski definition) is 1. The summed E-state index contributed by atoms with van der Waals surface area (Å²) < 4.78 is 26.2. The van der Waals surface area contributed by atoms with Crippen molar-refractivity contribution in [1.82, 2.24) is 4.90 Å². The molecule has 1 aliphatic heterocycles. The lowest BCUT2D eigenvalue weighted by atomic mass is 10.1. The van der Waals surface area contributed by atoms with Crippen LogP contribution < -0.4 is 0 Å². The summed E-state index contributed by atoms with van der Waals surface area (Å²) in [5.74, 6) is -5.29. The Bertz CT molecular complexity index is 600. The molecule has 1 fully saturated rings. The molecular weight excluding hydrogens is 290 g/mol. The Kier molecular flexibility index (Phi) is 3.58. The van der Waals surface area contributed by atoms with Gasteiger partial charge in [-0.2, -0.15) is 0 Å². The van der Waals surface area contributed by atoms with Gasteiger partial charge in [0.05, 0.1) is 17.0 Å². The maximum Gasteiger partial charge on any atom is 0.335 e. The van der Waals surface area contributed by atoms with E-state index in [4.69, 9.17) is 5.11 Å². The largest absolute Gasteiger partial charge is 0.478 e. The normalized spacial score (nSPS) is 16.8. The third-order valence-electron chi connectivity index (χ3n) is 3.08. The summed E-state index contributed by atoms with van der Waals surface area (Å²) in [6, 6.07) is 2.62. The Morgan fingerprint density at radius 2 is 1.90 bits per heavy atom. The first-order chi connectivity index (χ1) is 9.69.